The summed E-state index contributed by atoms with van der Waals surface area (Å²) in [6.45, 7) is 1.53. The van der Waals surface area contributed by atoms with Crippen LogP contribution >= 0.6 is 11.3 Å². The van der Waals surface area contributed by atoms with Gasteiger partial charge in [0.1, 0.15) is 16.5 Å². The molecule has 1 amide bonds. The average molecular weight is 513 g/mol. The van der Waals surface area contributed by atoms with E-state index in [0.29, 0.717) is 22.7 Å². The van der Waals surface area contributed by atoms with E-state index in [1.165, 1.54) is 14.0 Å². The quantitative estimate of drug-likeness (QED) is 0.257. The van der Waals surface area contributed by atoms with Gasteiger partial charge in [-0.25, -0.2) is 9.78 Å². The summed E-state index contributed by atoms with van der Waals surface area (Å²) in [5, 5.41) is 5.18. The smallest absolute Gasteiger partial charge is 0.339 e. The lowest BCUT2D eigenvalue weighted by molar-refractivity contribution is -0.123. The van der Waals surface area contributed by atoms with Crippen LogP contribution in [0.15, 0.2) is 78.9 Å². The van der Waals surface area contributed by atoms with Crippen molar-refractivity contribution in [3.8, 4) is 22.1 Å². The highest BCUT2D eigenvalue weighted by molar-refractivity contribution is 7.21. The maximum Gasteiger partial charge on any atom is 0.339 e. The van der Waals surface area contributed by atoms with Crippen molar-refractivity contribution in [3.05, 3.63) is 84.4 Å². The normalized spacial score (nSPS) is 11.8. The van der Waals surface area contributed by atoms with Gasteiger partial charge >= 0.3 is 5.97 Å². The van der Waals surface area contributed by atoms with Gasteiger partial charge in [-0.05, 0) is 42.6 Å². The van der Waals surface area contributed by atoms with Gasteiger partial charge < -0.3 is 19.5 Å². The largest absolute Gasteiger partial charge is 0.497 e. The third-order valence-electron chi connectivity index (χ3n) is 5.97. The number of hydrogen-bond acceptors (Lipinski definition) is 7. The Morgan fingerprint density at radius 2 is 1.70 bits per heavy atom. The number of nitrogens with zero attached hydrogens (tertiary/aromatic N) is 1. The molecule has 0 aliphatic rings. The van der Waals surface area contributed by atoms with Crippen LogP contribution in [0.3, 0.4) is 0 Å². The summed E-state index contributed by atoms with van der Waals surface area (Å²) in [5.41, 5.74) is 2.55. The van der Waals surface area contributed by atoms with Gasteiger partial charge in [0.05, 0.1) is 35.7 Å². The summed E-state index contributed by atoms with van der Waals surface area (Å²) in [6.07, 6.45) is -1.05. The SMILES string of the molecule is COc1ccc(NC(=O)C(C)OC(=O)c2cccc3cccc(-c4nc5ccccc5s4)c23)c(OC)c1. The second kappa shape index (κ2) is 10.3. The molecule has 5 aromatic rings. The Hall–Kier alpha value is -4.43. The lowest BCUT2D eigenvalue weighted by atomic mass is 9.99. The van der Waals surface area contributed by atoms with E-state index >= 15 is 0 Å². The van der Waals surface area contributed by atoms with Crippen LogP contribution < -0.4 is 14.8 Å². The molecule has 5 rings (SSSR count). The highest BCUT2D eigenvalue weighted by Gasteiger charge is 2.23. The molecule has 186 valence electrons. The van der Waals surface area contributed by atoms with Crippen molar-refractivity contribution in [2.24, 2.45) is 0 Å². The molecule has 0 bridgehead atoms. The minimum atomic E-state index is -1.05. The number of benzene rings is 4. The number of ether oxygens (including phenoxy) is 3. The molecule has 7 nitrogen and oxygen atoms in total. The summed E-state index contributed by atoms with van der Waals surface area (Å²) in [4.78, 5) is 31.0. The molecule has 1 N–H and O–H groups in total. The minimum Gasteiger partial charge on any atom is -0.497 e. The van der Waals surface area contributed by atoms with Crippen molar-refractivity contribution in [1.29, 1.82) is 0 Å². The number of carbonyl (C=O) groups excluding carboxylic acids is 2. The number of methoxy groups -OCH3 is 2. The molecular formula is C29H24N2O5S. The molecule has 0 saturated carbocycles. The Morgan fingerprint density at radius 1 is 0.919 bits per heavy atom. The summed E-state index contributed by atoms with van der Waals surface area (Å²) in [7, 11) is 3.04. The predicted octanol–water partition coefficient (Wildman–Crippen LogP) is 6.32. The molecule has 0 aliphatic heterocycles. The van der Waals surface area contributed by atoms with E-state index in [2.05, 4.69) is 5.32 Å². The Balaban J connectivity index is 1.42. The molecule has 0 saturated heterocycles. The maximum atomic E-state index is 13.3. The first-order valence-electron chi connectivity index (χ1n) is 11.6. The number of esters is 1. The average Bonchev–Trinajstić information content (AvgIpc) is 3.36. The van der Waals surface area contributed by atoms with Crippen molar-refractivity contribution >= 4 is 49.9 Å². The van der Waals surface area contributed by atoms with Gasteiger partial charge in [0.2, 0.25) is 0 Å². The molecule has 8 heteroatoms. The number of para-hydroxylation sites is 1. The fourth-order valence-corrected chi connectivity index (χ4v) is 5.09. The van der Waals surface area contributed by atoms with E-state index in [1.54, 1.807) is 48.8 Å². The lowest BCUT2D eigenvalue weighted by Gasteiger charge is -2.17. The van der Waals surface area contributed by atoms with Crippen LogP contribution in [0, 0.1) is 0 Å². The first-order chi connectivity index (χ1) is 18.0. The van der Waals surface area contributed by atoms with E-state index in [9.17, 15) is 9.59 Å². The molecule has 0 spiro atoms. The highest BCUT2D eigenvalue weighted by Crippen LogP contribution is 2.36. The Bertz CT molecular complexity index is 1590. The fourth-order valence-electron chi connectivity index (χ4n) is 4.09. The van der Waals surface area contributed by atoms with Crippen LogP contribution in [0.5, 0.6) is 11.5 Å². The van der Waals surface area contributed by atoms with Crippen molar-refractivity contribution in [2.75, 3.05) is 19.5 Å². The molecule has 0 aliphatic carbocycles. The van der Waals surface area contributed by atoms with Crippen LogP contribution in [0.2, 0.25) is 0 Å². The Labute approximate surface area is 217 Å². The predicted molar refractivity (Wildman–Crippen MR) is 146 cm³/mol. The monoisotopic (exact) mass is 512 g/mol. The van der Waals surface area contributed by atoms with E-state index in [4.69, 9.17) is 19.2 Å². The van der Waals surface area contributed by atoms with Crippen LogP contribution in [-0.2, 0) is 9.53 Å². The molecular weight excluding hydrogens is 488 g/mol. The van der Waals surface area contributed by atoms with Crippen LogP contribution in [0.25, 0.3) is 31.6 Å². The van der Waals surface area contributed by atoms with Gasteiger partial charge in [-0.1, -0.05) is 42.5 Å². The topological polar surface area (TPSA) is 86.8 Å². The van der Waals surface area contributed by atoms with Crippen LogP contribution in [0.4, 0.5) is 5.69 Å². The Kier molecular flexibility index (Phi) is 6.74. The first kappa shape index (κ1) is 24.3. The zero-order valence-electron chi connectivity index (χ0n) is 20.5. The number of hydrogen-bond donors (Lipinski definition) is 1. The molecule has 1 heterocycles. The fraction of sp³-hybridized carbons (Fsp3) is 0.138. The number of amides is 1. The molecule has 1 aromatic heterocycles. The first-order valence-corrected chi connectivity index (χ1v) is 12.4. The number of carbonyl (C=O) groups is 2. The van der Waals surface area contributed by atoms with Crippen molar-refractivity contribution < 1.29 is 23.8 Å². The lowest BCUT2D eigenvalue weighted by Crippen LogP contribution is -2.30. The number of thiazole rings is 1. The summed E-state index contributed by atoms with van der Waals surface area (Å²) in [6, 6.07) is 24.2. The highest BCUT2D eigenvalue weighted by atomic mass is 32.1. The van der Waals surface area contributed by atoms with Gasteiger partial charge in [0.15, 0.2) is 6.10 Å². The van der Waals surface area contributed by atoms with Crippen LogP contribution in [0.1, 0.15) is 17.3 Å². The van der Waals surface area contributed by atoms with Gasteiger partial charge in [-0.2, -0.15) is 0 Å². The number of rotatable bonds is 7. The summed E-state index contributed by atoms with van der Waals surface area (Å²) in [5.74, 6) is -0.0538. The molecule has 0 fully saturated rings. The van der Waals surface area contributed by atoms with Gasteiger partial charge in [-0.15, -0.1) is 11.3 Å². The maximum absolute atomic E-state index is 13.3. The zero-order valence-corrected chi connectivity index (χ0v) is 21.3. The van der Waals surface area contributed by atoms with Crippen molar-refractivity contribution in [1.82, 2.24) is 4.98 Å². The second-order valence-electron chi connectivity index (χ2n) is 8.30. The number of nitrogens with one attached hydrogen (secondary N) is 1. The van der Waals surface area contributed by atoms with E-state index in [1.807, 2.05) is 48.5 Å². The molecule has 0 radical (unpaired) electrons. The van der Waals surface area contributed by atoms with Gasteiger partial charge in [0.25, 0.3) is 5.91 Å². The Morgan fingerprint density at radius 3 is 2.46 bits per heavy atom. The van der Waals surface area contributed by atoms with Crippen LogP contribution in [-0.4, -0.2) is 37.2 Å². The van der Waals surface area contributed by atoms with Crippen molar-refractivity contribution in [3.63, 3.8) is 0 Å². The molecule has 1 unspecified atom stereocenters. The van der Waals surface area contributed by atoms with Gasteiger partial charge in [-0.3, -0.25) is 4.79 Å². The van der Waals surface area contributed by atoms with Gasteiger partial charge in [0, 0.05) is 17.0 Å². The van der Waals surface area contributed by atoms with E-state index in [-0.39, 0.29) is 0 Å². The number of anilines is 1. The zero-order chi connectivity index (χ0) is 25.9. The molecule has 1 atom stereocenters. The second-order valence-corrected chi connectivity index (χ2v) is 9.33. The van der Waals surface area contributed by atoms with E-state index in [0.717, 1.165) is 31.6 Å². The molecule has 4 aromatic carbocycles. The number of aromatic nitrogens is 1. The number of fused-ring (bicyclic) bond motifs is 2. The minimum absolute atomic E-state index is 0.369. The standard InChI is InChI=1S/C29H24N2O5S/c1-17(27(32)30-22-15-14-19(34-2)16-24(22)35-3)36-29(33)21-11-7-9-18-8-6-10-20(26(18)21)28-31-23-12-4-5-13-25(23)37-28/h4-17H,1-3H3,(H,30,32). The van der Waals surface area contributed by atoms with Crippen molar-refractivity contribution in [2.45, 2.75) is 13.0 Å². The molecule has 37 heavy (non-hydrogen) atoms. The van der Waals surface area contributed by atoms with E-state index < -0.39 is 18.0 Å². The summed E-state index contributed by atoms with van der Waals surface area (Å²) < 4.78 is 17.2. The third kappa shape index (κ3) is 4.83. The third-order valence-corrected chi connectivity index (χ3v) is 7.04. The summed E-state index contributed by atoms with van der Waals surface area (Å²) >= 11 is 1.56.